The molecule has 0 radical (unpaired) electrons. The Labute approximate surface area is 109 Å². The summed E-state index contributed by atoms with van der Waals surface area (Å²) in [5.41, 5.74) is 0.287. The van der Waals surface area contributed by atoms with Gasteiger partial charge in [-0.2, -0.15) is 5.26 Å². The van der Waals surface area contributed by atoms with Crippen molar-refractivity contribution >= 4 is 15.9 Å². The highest BCUT2D eigenvalue weighted by molar-refractivity contribution is 9.08. The van der Waals surface area contributed by atoms with Crippen LogP contribution in [0.4, 0.5) is 13.2 Å². The summed E-state index contributed by atoms with van der Waals surface area (Å²) >= 11 is 3.08. The minimum absolute atomic E-state index is 0.0259. The van der Waals surface area contributed by atoms with E-state index < -0.39 is 12.2 Å². The summed E-state index contributed by atoms with van der Waals surface area (Å²) in [4.78, 5) is 3.68. The fourth-order valence-corrected chi connectivity index (χ4v) is 1.55. The lowest BCUT2D eigenvalue weighted by Crippen LogP contribution is -2.19. The molecule has 1 aromatic heterocycles. The van der Waals surface area contributed by atoms with Crippen LogP contribution in [0.3, 0.4) is 0 Å². The summed E-state index contributed by atoms with van der Waals surface area (Å²) in [6, 6.07) is 3.19. The van der Waals surface area contributed by atoms with Crippen LogP contribution in [-0.4, -0.2) is 18.5 Å². The van der Waals surface area contributed by atoms with Crippen LogP contribution < -0.4 is 9.47 Å². The minimum Gasteiger partial charge on any atom is -0.496 e. The van der Waals surface area contributed by atoms with E-state index in [4.69, 9.17) is 10.00 Å². The number of methoxy groups -OCH3 is 1. The lowest BCUT2D eigenvalue weighted by Gasteiger charge is -2.14. The number of aromatic nitrogens is 1. The molecule has 1 heterocycles. The van der Waals surface area contributed by atoms with E-state index in [9.17, 15) is 13.2 Å². The second-order valence-corrected chi connectivity index (χ2v) is 3.68. The lowest BCUT2D eigenvalue weighted by molar-refractivity contribution is -0.276. The largest absolute Gasteiger partial charge is 0.574 e. The van der Waals surface area contributed by atoms with E-state index in [2.05, 4.69) is 25.7 Å². The molecule has 1 rings (SSSR count). The van der Waals surface area contributed by atoms with Crippen LogP contribution in [0.5, 0.6) is 11.6 Å². The van der Waals surface area contributed by atoms with Gasteiger partial charge in [0, 0.05) is 11.4 Å². The number of halogens is 4. The molecule has 4 nitrogen and oxygen atoms in total. The molecule has 0 fully saturated rings. The van der Waals surface area contributed by atoms with Gasteiger partial charge in [-0.3, -0.25) is 0 Å². The van der Waals surface area contributed by atoms with Crippen molar-refractivity contribution in [2.45, 2.75) is 18.1 Å². The van der Waals surface area contributed by atoms with E-state index in [-0.39, 0.29) is 23.1 Å². The summed E-state index contributed by atoms with van der Waals surface area (Å²) in [6.07, 6.45) is -5.16. The average molecular weight is 325 g/mol. The van der Waals surface area contributed by atoms with Crippen molar-refractivity contribution in [1.29, 1.82) is 5.26 Å². The van der Waals surface area contributed by atoms with Crippen molar-refractivity contribution in [1.82, 2.24) is 4.98 Å². The molecule has 0 amide bonds. The Balaban J connectivity index is 3.30. The predicted octanol–water partition coefficient (Wildman–Crippen LogP) is 2.95. The molecule has 0 aliphatic rings. The Hall–Kier alpha value is -1.49. The first-order valence-corrected chi connectivity index (χ1v) is 5.79. The Morgan fingerprint density at radius 2 is 2.17 bits per heavy atom. The minimum atomic E-state index is -4.87. The van der Waals surface area contributed by atoms with E-state index in [1.807, 2.05) is 0 Å². The molecule has 0 bridgehead atoms. The summed E-state index contributed by atoms with van der Waals surface area (Å²) in [5, 5.41) is 8.85. The van der Waals surface area contributed by atoms with Crippen molar-refractivity contribution in [3.63, 3.8) is 0 Å². The van der Waals surface area contributed by atoms with Gasteiger partial charge in [0.2, 0.25) is 5.88 Å². The van der Waals surface area contributed by atoms with Gasteiger partial charge in [0.15, 0.2) is 0 Å². The molecule has 0 aliphatic carbocycles. The number of nitriles is 1. The molecular weight excluding hydrogens is 317 g/mol. The highest BCUT2D eigenvalue weighted by Crippen LogP contribution is 2.32. The third-order valence-electron chi connectivity index (χ3n) is 1.92. The number of pyridine rings is 1. The number of hydrogen-bond donors (Lipinski definition) is 0. The molecule has 0 saturated carbocycles. The lowest BCUT2D eigenvalue weighted by atomic mass is 10.1. The topological polar surface area (TPSA) is 55.1 Å². The zero-order valence-electron chi connectivity index (χ0n) is 9.21. The van der Waals surface area contributed by atoms with E-state index in [1.54, 1.807) is 6.07 Å². The van der Waals surface area contributed by atoms with Crippen LogP contribution in [0, 0.1) is 11.3 Å². The van der Waals surface area contributed by atoms with E-state index in [0.717, 1.165) is 0 Å². The van der Waals surface area contributed by atoms with Gasteiger partial charge < -0.3 is 9.47 Å². The molecule has 0 saturated heterocycles. The van der Waals surface area contributed by atoms with Gasteiger partial charge in [-0.1, -0.05) is 15.9 Å². The fourth-order valence-electron chi connectivity index (χ4n) is 1.26. The summed E-state index contributed by atoms with van der Waals surface area (Å²) in [6.45, 7) is 0. The number of ether oxygens (including phenoxy) is 2. The Kier molecular flexibility index (Phi) is 4.78. The molecule has 98 valence electrons. The number of rotatable bonds is 4. The average Bonchev–Trinajstić information content (AvgIpc) is 2.29. The molecule has 18 heavy (non-hydrogen) atoms. The molecule has 0 aliphatic heterocycles. The molecule has 8 heteroatoms. The smallest absolute Gasteiger partial charge is 0.496 e. The molecule has 0 aromatic carbocycles. The van der Waals surface area contributed by atoms with Gasteiger partial charge in [-0.15, -0.1) is 13.2 Å². The van der Waals surface area contributed by atoms with E-state index >= 15 is 0 Å². The van der Waals surface area contributed by atoms with Gasteiger partial charge in [-0.25, -0.2) is 4.98 Å². The zero-order valence-corrected chi connectivity index (χ0v) is 10.8. The summed E-state index contributed by atoms with van der Waals surface area (Å²) < 4.78 is 45.4. The highest BCUT2D eigenvalue weighted by Gasteiger charge is 2.33. The first-order chi connectivity index (χ1) is 8.41. The molecule has 0 unspecified atom stereocenters. The SMILES string of the molecule is COc1cc(CBr)nc(OC(F)(F)F)c1CC#N. The van der Waals surface area contributed by atoms with Gasteiger partial charge >= 0.3 is 6.36 Å². The zero-order chi connectivity index (χ0) is 13.8. The van der Waals surface area contributed by atoms with Crippen molar-refractivity contribution < 1.29 is 22.6 Å². The first kappa shape index (κ1) is 14.6. The second-order valence-electron chi connectivity index (χ2n) is 3.12. The Morgan fingerprint density at radius 3 is 2.61 bits per heavy atom. The molecule has 0 N–H and O–H groups in total. The van der Waals surface area contributed by atoms with Crippen LogP contribution in [-0.2, 0) is 11.8 Å². The maximum absolute atomic E-state index is 12.2. The van der Waals surface area contributed by atoms with Crippen LogP contribution in [0.2, 0.25) is 0 Å². The molecular formula is C10H8BrF3N2O2. The van der Waals surface area contributed by atoms with E-state index in [1.165, 1.54) is 13.2 Å². The Morgan fingerprint density at radius 1 is 1.50 bits per heavy atom. The van der Waals surface area contributed by atoms with Crippen molar-refractivity contribution in [3.05, 3.63) is 17.3 Å². The third kappa shape index (κ3) is 3.77. The number of alkyl halides is 4. The molecule has 0 spiro atoms. The number of hydrogen-bond acceptors (Lipinski definition) is 4. The summed E-state index contributed by atoms with van der Waals surface area (Å²) in [7, 11) is 1.30. The van der Waals surface area contributed by atoms with Gasteiger partial charge in [0.1, 0.15) is 5.75 Å². The standard InChI is InChI=1S/C10H8BrF3N2O2/c1-17-8-4-6(5-11)16-9(7(8)2-3-15)18-10(12,13)14/h4H,2,5H2,1H3. The van der Waals surface area contributed by atoms with Crippen LogP contribution in [0.1, 0.15) is 11.3 Å². The maximum Gasteiger partial charge on any atom is 0.574 e. The quantitative estimate of drug-likeness (QED) is 0.799. The molecule has 0 atom stereocenters. The van der Waals surface area contributed by atoms with Gasteiger partial charge in [0.05, 0.1) is 30.9 Å². The van der Waals surface area contributed by atoms with Crippen molar-refractivity contribution in [2.24, 2.45) is 0 Å². The molecule has 1 aromatic rings. The van der Waals surface area contributed by atoms with Crippen LogP contribution in [0.25, 0.3) is 0 Å². The van der Waals surface area contributed by atoms with Gasteiger partial charge in [0.25, 0.3) is 0 Å². The van der Waals surface area contributed by atoms with Crippen LogP contribution in [0.15, 0.2) is 6.07 Å². The third-order valence-corrected chi connectivity index (χ3v) is 2.50. The van der Waals surface area contributed by atoms with E-state index in [0.29, 0.717) is 5.69 Å². The van der Waals surface area contributed by atoms with Gasteiger partial charge in [-0.05, 0) is 0 Å². The first-order valence-electron chi connectivity index (χ1n) is 4.66. The monoisotopic (exact) mass is 324 g/mol. The normalized spacial score (nSPS) is 10.9. The van der Waals surface area contributed by atoms with Crippen molar-refractivity contribution in [2.75, 3.05) is 7.11 Å². The highest BCUT2D eigenvalue weighted by atomic mass is 79.9. The van der Waals surface area contributed by atoms with Crippen LogP contribution >= 0.6 is 15.9 Å². The number of nitrogens with zero attached hydrogens (tertiary/aromatic N) is 2. The predicted molar refractivity (Wildman–Crippen MR) is 59.4 cm³/mol. The second kappa shape index (κ2) is 5.91. The van der Waals surface area contributed by atoms with Crippen molar-refractivity contribution in [3.8, 4) is 17.7 Å². The fraction of sp³-hybridized carbons (Fsp3) is 0.400. The maximum atomic E-state index is 12.2. The Bertz CT molecular complexity index is 471. The summed E-state index contributed by atoms with van der Waals surface area (Å²) in [5.74, 6) is -0.516.